The van der Waals surface area contributed by atoms with Crippen LogP contribution in [-0.2, 0) is 6.42 Å². The fraction of sp³-hybridized carbons (Fsp3) is 0.560. The predicted molar refractivity (Wildman–Crippen MR) is 140 cm³/mol. The summed E-state index contributed by atoms with van der Waals surface area (Å²) >= 11 is 0. The standard InChI is InChI=1S/C25H33B2F3N4O3/c1-15-7-16-8-21-22(37-25(26,27)36-21)9-19(16)23(34(15)13-24(29,30)14-35)20-4-3-17(10-31-20)32-18-11-33(12-18)6-2-5-28/h3-4,8-10,15,18,23,32,35H,2,5-7,11-14,26-27H2,1H3/t15-,23+/m1/s1. The van der Waals surface area contributed by atoms with Gasteiger partial charge in [-0.1, -0.05) is 0 Å². The van der Waals surface area contributed by atoms with Crippen LogP contribution in [0.3, 0.4) is 0 Å². The Balaban J connectivity index is 1.41. The van der Waals surface area contributed by atoms with Crippen molar-refractivity contribution >= 4 is 21.4 Å². The van der Waals surface area contributed by atoms with Gasteiger partial charge in [0.25, 0.3) is 5.92 Å². The van der Waals surface area contributed by atoms with Crippen LogP contribution in [0.5, 0.6) is 11.5 Å². The number of hydrogen-bond acceptors (Lipinski definition) is 7. The molecule has 2 aromatic rings. The number of rotatable bonds is 9. The first-order valence-electron chi connectivity index (χ1n) is 12.9. The number of nitrogens with one attached hydrogen (secondary N) is 1. The molecule has 0 aliphatic carbocycles. The molecule has 0 saturated carbocycles. The van der Waals surface area contributed by atoms with Gasteiger partial charge in [0.1, 0.15) is 6.61 Å². The van der Waals surface area contributed by atoms with Gasteiger partial charge < -0.3 is 19.9 Å². The Hall–Kier alpha value is -2.43. The minimum atomic E-state index is -3.25. The number of anilines is 1. The number of nitrogens with zero attached hydrogens (tertiary/aromatic N) is 3. The van der Waals surface area contributed by atoms with Gasteiger partial charge >= 0.3 is 0 Å². The molecule has 1 saturated heterocycles. The molecule has 2 N–H and O–H groups in total. The molecule has 7 nitrogen and oxygen atoms in total. The number of ether oxygens (including phenoxy) is 2. The zero-order valence-corrected chi connectivity index (χ0v) is 21.5. The Labute approximate surface area is 217 Å². The Kier molecular flexibility index (Phi) is 7.10. The fourth-order valence-corrected chi connectivity index (χ4v) is 5.54. The maximum atomic E-state index is 14.5. The lowest BCUT2D eigenvalue weighted by Gasteiger charge is -2.43. The van der Waals surface area contributed by atoms with Crippen molar-refractivity contribution in [2.75, 3.05) is 44.8 Å². The summed E-state index contributed by atoms with van der Waals surface area (Å²) in [5, 5.41) is 12.7. The lowest BCUT2D eigenvalue weighted by molar-refractivity contribution is -0.0865. The minimum absolute atomic E-state index is 0.215. The van der Waals surface area contributed by atoms with Crippen molar-refractivity contribution in [1.82, 2.24) is 14.8 Å². The first kappa shape index (κ1) is 26.2. The van der Waals surface area contributed by atoms with Gasteiger partial charge in [-0.2, -0.15) is 0 Å². The van der Waals surface area contributed by atoms with Crippen LogP contribution < -0.4 is 14.8 Å². The fourth-order valence-electron chi connectivity index (χ4n) is 5.54. The molecule has 0 unspecified atom stereocenters. The monoisotopic (exact) mass is 516 g/mol. The Morgan fingerprint density at radius 2 is 1.95 bits per heavy atom. The smallest absolute Gasteiger partial charge is 0.283 e. The van der Waals surface area contributed by atoms with Crippen LogP contribution in [0, 0.1) is 0 Å². The highest BCUT2D eigenvalue weighted by Crippen LogP contribution is 2.46. The number of hydrogen-bond donors (Lipinski definition) is 2. The van der Waals surface area contributed by atoms with E-state index in [4.69, 9.17) is 14.5 Å². The van der Waals surface area contributed by atoms with Crippen molar-refractivity contribution in [1.29, 1.82) is 0 Å². The summed E-state index contributed by atoms with van der Waals surface area (Å²) in [6.07, 6.45) is 2.84. The van der Waals surface area contributed by atoms with Gasteiger partial charge in [0.05, 0.1) is 42.9 Å². The van der Waals surface area contributed by atoms with E-state index in [1.807, 2.05) is 46.9 Å². The van der Waals surface area contributed by atoms with E-state index < -0.39 is 30.7 Å². The molecule has 1 fully saturated rings. The van der Waals surface area contributed by atoms with Crippen LogP contribution in [0.25, 0.3) is 0 Å². The lowest BCUT2D eigenvalue weighted by Crippen LogP contribution is -2.54. The van der Waals surface area contributed by atoms with E-state index in [1.54, 1.807) is 11.1 Å². The van der Waals surface area contributed by atoms with Gasteiger partial charge in [0, 0.05) is 25.7 Å². The Morgan fingerprint density at radius 1 is 1.22 bits per heavy atom. The summed E-state index contributed by atoms with van der Waals surface area (Å²) in [6.45, 7) is 2.27. The molecule has 4 heterocycles. The van der Waals surface area contributed by atoms with Gasteiger partial charge in [-0.3, -0.25) is 19.2 Å². The highest BCUT2D eigenvalue weighted by atomic mass is 19.3. The van der Waals surface area contributed by atoms with Gasteiger partial charge in [-0.15, -0.1) is 0 Å². The summed E-state index contributed by atoms with van der Waals surface area (Å²) in [6, 6.07) is 7.14. The van der Waals surface area contributed by atoms with Crippen LogP contribution in [0.1, 0.15) is 36.2 Å². The van der Waals surface area contributed by atoms with Crippen molar-refractivity contribution in [2.45, 2.75) is 49.4 Å². The maximum absolute atomic E-state index is 14.5. The maximum Gasteiger partial charge on any atom is 0.283 e. The van der Waals surface area contributed by atoms with Gasteiger partial charge in [-0.05, 0) is 55.2 Å². The van der Waals surface area contributed by atoms with Gasteiger partial charge in [0.15, 0.2) is 32.8 Å². The lowest BCUT2D eigenvalue weighted by atomic mass is 9.76. The van der Waals surface area contributed by atoms with Crippen molar-refractivity contribution in [2.24, 2.45) is 0 Å². The number of aromatic nitrogens is 1. The van der Waals surface area contributed by atoms with Gasteiger partial charge in [0.2, 0.25) is 0 Å². The molecule has 198 valence electrons. The first-order valence-corrected chi connectivity index (χ1v) is 12.9. The third-order valence-corrected chi connectivity index (χ3v) is 7.27. The number of likely N-dealkylation sites (tertiary alicyclic amines) is 1. The van der Waals surface area contributed by atoms with E-state index in [9.17, 15) is 18.3 Å². The quantitative estimate of drug-likeness (QED) is 0.485. The zero-order chi connectivity index (χ0) is 26.4. The average molecular weight is 516 g/mol. The Morgan fingerprint density at radius 3 is 2.59 bits per heavy atom. The number of aliphatic hydroxyl groups is 1. The van der Waals surface area contributed by atoms with Crippen LogP contribution in [0.2, 0.25) is 0 Å². The molecule has 3 aliphatic heterocycles. The average Bonchev–Trinajstić information content (AvgIpc) is 3.13. The van der Waals surface area contributed by atoms with E-state index in [0.29, 0.717) is 30.0 Å². The summed E-state index contributed by atoms with van der Waals surface area (Å²) in [5.74, 6) is -2.02. The molecule has 37 heavy (non-hydrogen) atoms. The van der Waals surface area contributed by atoms with Crippen molar-refractivity contribution in [3.8, 4) is 11.5 Å². The molecule has 0 radical (unpaired) electrons. The molecule has 5 rings (SSSR count). The summed E-state index contributed by atoms with van der Waals surface area (Å²) < 4.78 is 53.2. The van der Waals surface area contributed by atoms with E-state index >= 15 is 0 Å². The molecule has 0 bridgehead atoms. The number of fused-ring (bicyclic) bond motifs is 2. The number of alkyl halides is 3. The van der Waals surface area contributed by atoms with E-state index in [1.165, 1.54) is 0 Å². The third kappa shape index (κ3) is 5.56. The van der Waals surface area contributed by atoms with E-state index in [2.05, 4.69) is 10.2 Å². The summed E-state index contributed by atoms with van der Waals surface area (Å²) in [7, 11) is 3.66. The molecule has 3 aliphatic rings. The molecule has 1 aromatic carbocycles. The molecule has 2 atom stereocenters. The third-order valence-electron chi connectivity index (χ3n) is 7.27. The zero-order valence-electron chi connectivity index (χ0n) is 21.5. The minimum Gasteiger partial charge on any atom is -0.467 e. The normalized spacial score (nSPS) is 23.5. The van der Waals surface area contributed by atoms with Crippen molar-refractivity contribution < 1.29 is 27.8 Å². The summed E-state index contributed by atoms with van der Waals surface area (Å²) in [4.78, 5) is 8.61. The van der Waals surface area contributed by atoms with Crippen molar-refractivity contribution in [3.63, 3.8) is 0 Å². The molecule has 0 amide bonds. The summed E-state index contributed by atoms with van der Waals surface area (Å²) in [5.41, 5.74) is 2.55. The second kappa shape index (κ2) is 10.0. The number of pyridine rings is 1. The van der Waals surface area contributed by atoms with Gasteiger partial charge in [-0.25, -0.2) is 8.78 Å². The first-order chi connectivity index (χ1) is 17.6. The van der Waals surface area contributed by atoms with Crippen molar-refractivity contribution in [3.05, 3.63) is 47.3 Å². The van der Waals surface area contributed by atoms with Crippen LogP contribution in [-0.4, -0.2) is 98.6 Å². The SMILES string of the molecule is BC1(B)Oc2cc3c(cc2O1)[C@@H](c1ccc(NC2CN(CCCF)C2)cn1)N(CC(F)(F)CO)[C@H](C)C3. The van der Waals surface area contributed by atoms with E-state index in [-0.39, 0.29) is 18.8 Å². The largest absolute Gasteiger partial charge is 0.467 e. The Bertz CT molecular complexity index is 1120. The molecular weight excluding hydrogens is 483 g/mol. The van der Waals surface area contributed by atoms with Crippen LogP contribution in [0.4, 0.5) is 18.9 Å². The van der Waals surface area contributed by atoms with Crippen LogP contribution >= 0.6 is 0 Å². The number of benzene rings is 1. The molecule has 0 spiro atoms. The second-order valence-electron chi connectivity index (χ2n) is 10.9. The highest BCUT2D eigenvalue weighted by molar-refractivity contribution is 6.38. The molecule has 12 heteroatoms. The van der Waals surface area contributed by atoms with E-state index in [0.717, 1.165) is 36.4 Å². The predicted octanol–water partition coefficient (Wildman–Crippen LogP) is 1.15. The number of halogens is 3. The highest BCUT2D eigenvalue weighted by Gasteiger charge is 2.42. The molecular formula is C25H33B2F3N4O3. The second-order valence-corrected chi connectivity index (χ2v) is 10.9. The number of aliphatic hydroxyl groups excluding tert-OH is 1. The molecule has 1 aromatic heterocycles. The van der Waals surface area contributed by atoms with Crippen LogP contribution in [0.15, 0.2) is 30.5 Å². The topological polar surface area (TPSA) is 70.1 Å².